The molecule has 1 N–H and O–H groups in total. The molecule has 8 nitrogen and oxygen atoms in total. The van der Waals surface area contributed by atoms with Crippen molar-refractivity contribution in [2.75, 3.05) is 39.2 Å². The van der Waals surface area contributed by atoms with Crippen LogP contribution in [0.1, 0.15) is 12.5 Å². The fourth-order valence-corrected chi connectivity index (χ4v) is 2.99. The van der Waals surface area contributed by atoms with Crippen molar-refractivity contribution in [3.8, 4) is 17.0 Å². The first-order chi connectivity index (χ1) is 15.4. The first-order valence-corrected chi connectivity index (χ1v) is 10.4. The standard InChI is InChI=1S/C24H28N4O4/c1-4-31-24(30)25-20-7-5-6-18(16-20)17-28-23(29)13-12-22(26-28)19-8-10-21(11-9-19)32-15-14-27(2)3/h5-13,16H,4,14-15,17H2,1-3H3,(H,25,30). The van der Waals surface area contributed by atoms with Crippen molar-refractivity contribution in [1.82, 2.24) is 14.7 Å². The number of hydrogen-bond donors (Lipinski definition) is 1. The van der Waals surface area contributed by atoms with Crippen LogP contribution in [-0.4, -0.2) is 54.6 Å². The van der Waals surface area contributed by atoms with Crippen LogP contribution >= 0.6 is 0 Å². The van der Waals surface area contributed by atoms with Gasteiger partial charge in [-0.3, -0.25) is 10.1 Å². The Kier molecular flexibility index (Phi) is 7.99. The molecule has 0 spiro atoms. The van der Waals surface area contributed by atoms with Crippen molar-refractivity contribution in [3.05, 3.63) is 76.6 Å². The van der Waals surface area contributed by atoms with Gasteiger partial charge in [0.1, 0.15) is 12.4 Å². The van der Waals surface area contributed by atoms with Gasteiger partial charge in [0.15, 0.2) is 0 Å². The normalized spacial score (nSPS) is 10.8. The van der Waals surface area contributed by atoms with Crippen molar-refractivity contribution >= 4 is 11.8 Å². The van der Waals surface area contributed by atoms with Crippen LogP contribution in [0.5, 0.6) is 5.75 Å². The zero-order valence-corrected chi connectivity index (χ0v) is 18.6. The van der Waals surface area contributed by atoms with Crippen molar-refractivity contribution in [2.24, 2.45) is 0 Å². The molecule has 1 amide bonds. The highest BCUT2D eigenvalue weighted by Gasteiger charge is 2.07. The third kappa shape index (κ3) is 6.68. The third-order valence-corrected chi connectivity index (χ3v) is 4.61. The number of amides is 1. The van der Waals surface area contributed by atoms with Crippen LogP contribution in [0.15, 0.2) is 65.5 Å². The summed E-state index contributed by atoms with van der Waals surface area (Å²) in [5.41, 5.74) is 2.79. The van der Waals surface area contributed by atoms with Gasteiger partial charge in [-0.2, -0.15) is 5.10 Å². The first kappa shape index (κ1) is 23.0. The van der Waals surface area contributed by atoms with Crippen LogP contribution in [0.3, 0.4) is 0 Å². The van der Waals surface area contributed by atoms with E-state index in [1.165, 1.54) is 10.7 Å². The molecule has 0 bridgehead atoms. The number of benzene rings is 2. The average Bonchev–Trinajstić information content (AvgIpc) is 2.76. The van der Waals surface area contributed by atoms with Gasteiger partial charge in [-0.15, -0.1) is 0 Å². The van der Waals surface area contributed by atoms with Gasteiger partial charge in [-0.1, -0.05) is 12.1 Å². The van der Waals surface area contributed by atoms with Gasteiger partial charge in [-0.25, -0.2) is 9.48 Å². The molecule has 32 heavy (non-hydrogen) atoms. The summed E-state index contributed by atoms with van der Waals surface area (Å²) in [4.78, 5) is 26.1. The van der Waals surface area contributed by atoms with E-state index in [0.717, 1.165) is 23.4 Å². The lowest BCUT2D eigenvalue weighted by Crippen LogP contribution is -2.23. The van der Waals surface area contributed by atoms with Gasteiger partial charge in [0, 0.05) is 23.9 Å². The summed E-state index contributed by atoms with van der Waals surface area (Å²) in [5.74, 6) is 0.787. The Bertz CT molecular complexity index is 1090. The maximum Gasteiger partial charge on any atom is 0.411 e. The summed E-state index contributed by atoms with van der Waals surface area (Å²) >= 11 is 0. The molecule has 8 heteroatoms. The molecule has 0 aliphatic heterocycles. The number of likely N-dealkylation sites (N-methyl/N-ethyl adjacent to an activating group) is 1. The van der Waals surface area contributed by atoms with Crippen molar-refractivity contribution < 1.29 is 14.3 Å². The average molecular weight is 437 g/mol. The second-order valence-corrected chi connectivity index (χ2v) is 7.44. The number of nitrogens with one attached hydrogen (secondary N) is 1. The van der Waals surface area contributed by atoms with Gasteiger partial charge >= 0.3 is 6.09 Å². The maximum absolute atomic E-state index is 12.4. The zero-order valence-electron chi connectivity index (χ0n) is 18.6. The number of ether oxygens (including phenoxy) is 2. The molecular weight excluding hydrogens is 408 g/mol. The Hall–Kier alpha value is -3.65. The first-order valence-electron chi connectivity index (χ1n) is 10.4. The number of carbonyl (C=O) groups is 1. The second kappa shape index (κ2) is 11.1. The predicted molar refractivity (Wildman–Crippen MR) is 124 cm³/mol. The van der Waals surface area contributed by atoms with E-state index in [2.05, 4.69) is 15.3 Å². The molecule has 0 saturated heterocycles. The number of nitrogens with zero attached hydrogens (tertiary/aromatic N) is 3. The van der Waals surface area contributed by atoms with Crippen molar-refractivity contribution in [3.63, 3.8) is 0 Å². The van der Waals surface area contributed by atoms with Gasteiger partial charge in [-0.05, 0) is 69.0 Å². The lowest BCUT2D eigenvalue weighted by molar-refractivity contribution is 0.168. The Morgan fingerprint density at radius 3 is 2.59 bits per heavy atom. The Balaban J connectivity index is 1.72. The van der Waals surface area contributed by atoms with E-state index in [1.807, 2.05) is 44.4 Å². The number of rotatable bonds is 9. The summed E-state index contributed by atoms with van der Waals surface area (Å²) in [6, 6.07) is 18.1. The fourth-order valence-electron chi connectivity index (χ4n) is 2.99. The van der Waals surface area contributed by atoms with E-state index in [1.54, 1.807) is 31.2 Å². The molecule has 3 rings (SSSR count). The Morgan fingerprint density at radius 2 is 1.88 bits per heavy atom. The van der Waals surface area contributed by atoms with E-state index in [4.69, 9.17) is 9.47 Å². The topological polar surface area (TPSA) is 85.7 Å². The lowest BCUT2D eigenvalue weighted by Gasteiger charge is -2.12. The molecule has 0 aliphatic carbocycles. The Labute approximate surface area is 187 Å². The highest BCUT2D eigenvalue weighted by molar-refractivity contribution is 5.84. The van der Waals surface area contributed by atoms with Crippen LogP contribution in [0.2, 0.25) is 0 Å². The molecule has 168 valence electrons. The van der Waals surface area contributed by atoms with Crippen LogP contribution in [0.4, 0.5) is 10.5 Å². The zero-order chi connectivity index (χ0) is 22.9. The summed E-state index contributed by atoms with van der Waals surface area (Å²) in [6.45, 7) is 3.76. The van der Waals surface area contributed by atoms with E-state index in [0.29, 0.717) is 24.6 Å². The maximum atomic E-state index is 12.4. The summed E-state index contributed by atoms with van der Waals surface area (Å²) in [5, 5.41) is 7.18. The minimum atomic E-state index is -0.518. The SMILES string of the molecule is CCOC(=O)Nc1cccc(Cn2nc(-c3ccc(OCCN(C)C)cc3)ccc2=O)c1. The second-order valence-electron chi connectivity index (χ2n) is 7.44. The molecular formula is C24H28N4O4. The minimum Gasteiger partial charge on any atom is -0.492 e. The van der Waals surface area contributed by atoms with Crippen LogP contribution in [0.25, 0.3) is 11.3 Å². The Morgan fingerprint density at radius 1 is 1.09 bits per heavy atom. The summed E-state index contributed by atoms with van der Waals surface area (Å²) in [6.07, 6.45) is -0.518. The quantitative estimate of drug-likeness (QED) is 0.553. The monoisotopic (exact) mass is 436 g/mol. The molecule has 0 saturated carbocycles. The molecule has 2 aromatic carbocycles. The third-order valence-electron chi connectivity index (χ3n) is 4.61. The van der Waals surface area contributed by atoms with Crippen LogP contribution in [-0.2, 0) is 11.3 Å². The minimum absolute atomic E-state index is 0.207. The molecule has 3 aromatic rings. The molecule has 1 heterocycles. The smallest absolute Gasteiger partial charge is 0.411 e. The number of anilines is 1. The summed E-state index contributed by atoms with van der Waals surface area (Å²) < 4.78 is 12.0. The molecule has 1 aromatic heterocycles. The highest BCUT2D eigenvalue weighted by atomic mass is 16.5. The van der Waals surface area contributed by atoms with E-state index in [9.17, 15) is 9.59 Å². The highest BCUT2D eigenvalue weighted by Crippen LogP contribution is 2.20. The molecule has 0 unspecified atom stereocenters. The van der Waals surface area contributed by atoms with Crippen molar-refractivity contribution in [1.29, 1.82) is 0 Å². The van der Waals surface area contributed by atoms with E-state index < -0.39 is 6.09 Å². The number of hydrogen-bond acceptors (Lipinski definition) is 6. The van der Waals surface area contributed by atoms with Gasteiger partial charge in [0.05, 0.1) is 18.8 Å². The lowest BCUT2D eigenvalue weighted by atomic mass is 10.1. The van der Waals surface area contributed by atoms with E-state index >= 15 is 0 Å². The predicted octanol–water partition coefficient (Wildman–Crippen LogP) is 3.47. The number of aromatic nitrogens is 2. The molecule has 0 aliphatic rings. The van der Waals surface area contributed by atoms with Crippen LogP contribution < -0.4 is 15.6 Å². The number of carbonyl (C=O) groups excluding carboxylic acids is 1. The molecule has 0 radical (unpaired) electrons. The molecule has 0 fully saturated rings. The molecule has 0 atom stereocenters. The largest absolute Gasteiger partial charge is 0.492 e. The van der Waals surface area contributed by atoms with Crippen molar-refractivity contribution in [2.45, 2.75) is 13.5 Å². The van der Waals surface area contributed by atoms with Gasteiger partial charge in [0.2, 0.25) is 0 Å². The van der Waals surface area contributed by atoms with E-state index in [-0.39, 0.29) is 12.1 Å². The summed E-state index contributed by atoms with van der Waals surface area (Å²) in [7, 11) is 4.00. The fraction of sp³-hybridized carbons (Fsp3) is 0.292. The van der Waals surface area contributed by atoms with Gasteiger partial charge in [0.25, 0.3) is 5.56 Å². The van der Waals surface area contributed by atoms with Gasteiger partial charge < -0.3 is 14.4 Å². The van der Waals surface area contributed by atoms with Crippen LogP contribution in [0, 0.1) is 0 Å².